The van der Waals surface area contributed by atoms with Gasteiger partial charge in [0, 0.05) is 33.0 Å². The van der Waals surface area contributed by atoms with Crippen molar-refractivity contribution >= 4 is 39.0 Å². The van der Waals surface area contributed by atoms with Gasteiger partial charge in [-0.2, -0.15) is 0 Å². The Morgan fingerprint density at radius 1 is 0.393 bits per heavy atom. The van der Waals surface area contributed by atoms with E-state index in [0.717, 1.165) is 33.3 Å². The fraction of sp³-hybridized carbons (Fsp3) is 0.111. The molecule has 0 radical (unpaired) electrons. The quantitative estimate of drug-likeness (QED) is 0.176. The number of fused-ring (bicyclic) bond motifs is 9. The molecule has 1 aromatic heterocycles. The number of benzene rings is 8. The molecule has 56 heavy (non-hydrogen) atoms. The van der Waals surface area contributed by atoms with Crippen LogP contribution in [0.25, 0.3) is 66.4 Å². The molecule has 2 aliphatic rings. The number of hydrogen-bond donors (Lipinski definition) is 0. The van der Waals surface area contributed by atoms with E-state index in [0.29, 0.717) is 0 Å². The van der Waals surface area contributed by atoms with E-state index in [-0.39, 0.29) is 10.8 Å². The second-order valence-electron chi connectivity index (χ2n) is 16.5. The number of rotatable bonds is 5. The van der Waals surface area contributed by atoms with E-state index in [4.69, 9.17) is 4.42 Å². The Hall–Kier alpha value is -6.64. The average molecular weight is 720 g/mol. The van der Waals surface area contributed by atoms with Crippen molar-refractivity contribution in [1.82, 2.24) is 0 Å². The van der Waals surface area contributed by atoms with Crippen molar-refractivity contribution < 1.29 is 4.42 Å². The second kappa shape index (κ2) is 11.9. The molecule has 0 unspecified atom stereocenters. The fourth-order valence-corrected chi connectivity index (χ4v) is 10.1. The van der Waals surface area contributed by atoms with Gasteiger partial charge < -0.3 is 9.32 Å². The lowest BCUT2D eigenvalue weighted by molar-refractivity contribution is 0.640. The van der Waals surface area contributed by atoms with Crippen LogP contribution < -0.4 is 4.90 Å². The first-order chi connectivity index (χ1) is 27.3. The highest BCUT2D eigenvalue weighted by Crippen LogP contribution is 2.66. The highest BCUT2D eigenvalue weighted by atomic mass is 16.3. The van der Waals surface area contributed by atoms with E-state index in [1.54, 1.807) is 0 Å². The first kappa shape index (κ1) is 32.8. The van der Waals surface area contributed by atoms with E-state index >= 15 is 0 Å². The normalized spacial score (nSPS) is 14.4. The molecule has 0 spiro atoms. The topological polar surface area (TPSA) is 16.4 Å². The highest BCUT2D eigenvalue weighted by Gasteiger charge is 2.49. The maximum absolute atomic E-state index is 6.59. The molecule has 1 heterocycles. The molecule has 0 N–H and O–H groups in total. The van der Waals surface area contributed by atoms with Gasteiger partial charge in [-0.3, -0.25) is 0 Å². The van der Waals surface area contributed by atoms with E-state index in [1.165, 1.54) is 72.4 Å². The monoisotopic (exact) mass is 719 g/mol. The molecule has 0 saturated heterocycles. The zero-order valence-corrected chi connectivity index (χ0v) is 32.1. The summed E-state index contributed by atoms with van der Waals surface area (Å²) >= 11 is 0. The van der Waals surface area contributed by atoms with E-state index in [1.807, 2.05) is 0 Å². The van der Waals surface area contributed by atoms with Crippen LogP contribution in [0.2, 0.25) is 0 Å². The Morgan fingerprint density at radius 3 is 1.52 bits per heavy atom. The maximum Gasteiger partial charge on any atom is 0.136 e. The van der Waals surface area contributed by atoms with Crippen LogP contribution in [-0.4, -0.2) is 0 Å². The molecule has 0 fully saturated rings. The number of para-hydroxylation sites is 2. The standard InChI is InChI=1S/C54H41NO/c1-53(2)43-24-14-11-22-41(43)48-47(36-29-32-40-39-21-13-16-26-45(39)56-46(40)33-36)49-42-23-12-15-25-44(42)54(3,4)51(49)52(50(48)53)55(37-19-9-6-10-20-37)38-30-27-35(28-31-38)34-17-7-5-8-18-34/h5-33H,1-4H3. The van der Waals surface area contributed by atoms with E-state index < -0.39 is 0 Å². The first-order valence-corrected chi connectivity index (χ1v) is 19.7. The largest absolute Gasteiger partial charge is 0.456 e. The zero-order valence-electron chi connectivity index (χ0n) is 32.1. The molecule has 11 rings (SSSR count). The van der Waals surface area contributed by atoms with Gasteiger partial charge in [0.05, 0.1) is 5.69 Å². The smallest absolute Gasteiger partial charge is 0.136 e. The summed E-state index contributed by atoms with van der Waals surface area (Å²) in [4.78, 5) is 2.56. The lowest BCUT2D eigenvalue weighted by Gasteiger charge is -2.38. The van der Waals surface area contributed by atoms with E-state index in [9.17, 15) is 0 Å². The SMILES string of the molecule is CC1(C)c2ccccc2-c2c(-c3ccc4c(c3)oc3ccccc34)c3c(c(N(c4ccccc4)c4ccc(-c5ccccc5)cc4)c21)C(C)(C)c1ccccc1-3. The summed E-state index contributed by atoms with van der Waals surface area (Å²) in [5.74, 6) is 0. The lowest BCUT2D eigenvalue weighted by atomic mass is 9.73. The maximum atomic E-state index is 6.59. The molecule has 0 amide bonds. The van der Waals surface area contributed by atoms with Crippen LogP contribution in [-0.2, 0) is 10.8 Å². The Kier molecular flexibility index (Phi) is 6.98. The van der Waals surface area contributed by atoms with Crippen LogP contribution in [0.1, 0.15) is 49.9 Å². The van der Waals surface area contributed by atoms with Gasteiger partial charge in [-0.1, -0.05) is 161 Å². The summed E-state index contributed by atoms with van der Waals surface area (Å²) in [5, 5.41) is 2.29. The molecule has 0 aliphatic heterocycles. The van der Waals surface area contributed by atoms with Crippen molar-refractivity contribution in [2.24, 2.45) is 0 Å². The van der Waals surface area contributed by atoms with Crippen LogP contribution >= 0.6 is 0 Å². The van der Waals surface area contributed by atoms with Gasteiger partial charge in [-0.15, -0.1) is 0 Å². The Bertz CT molecular complexity index is 2920. The van der Waals surface area contributed by atoms with Gasteiger partial charge in [0.1, 0.15) is 11.2 Å². The minimum Gasteiger partial charge on any atom is -0.456 e. The lowest BCUT2D eigenvalue weighted by Crippen LogP contribution is -2.26. The summed E-state index contributed by atoms with van der Waals surface area (Å²) < 4.78 is 6.59. The van der Waals surface area contributed by atoms with Gasteiger partial charge in [0.15, 0.2) is 0 Å². The van der Waals surface area contributed by atoms with Crippen LogP contribution in [0.3, 0.4) is 0 Å². The van der Waals surface area contributed by atoms with Gasteiger partial charge in [0.25, 0.3) is 0 Å². The third kappa shape index (κ3) is 4.56. The van der Waals surface area contributed by atoms with Crippen molar-refractivity contribution in [3.63, 3.8) is 0 Å². The molecule has 2 aliphatic carbocycles. The Balaban J connectivity index is 1.29. The third-order valence-electron chi connectivity index (χ3n) is 12.6. The number of hydrogen-bond acceptors (Lipinski definition) is 2. The van der Waals surface area contributed by atoms with Gasteiger partial charge in [-0.05, 0) is 109 Å². The minimum atomic E-state index is -0.309. The first-order valence-electron chi connectivity index (χ1n) is 19.7. The fourth-order valence-electron chi connectivity index (χ4n) is 10.1. The molecule has 2 heteroatoms. The summed E-state index contributed by atoms with van der Waals surface area (Å²) in [6.07, 6.45) is 0. The van der Waals surface area contributed by atoms with Crippen molar-refractivity contribution in [3.8, 4) is 44.5 Å². The van der Waals surface area contributed by atoms with Crippen LogP contribution in [0, 0.1) is 0 Å². The predicted octanol–water partition coefficient (Wildman–Crippen LogP) is 15.0. The Morgan fingerprint density at radius 2 is 0.875 bits per heavy atom. The summed E-state index contributed by atoms with van der Waals surface area (Å²) in [6, 6.07) is 64.3. The molecule has 0 bridgehead atoms. The highest BCUT2D eigenvalue weighted by molar-refractivity contribution is 6.12. The number of furan rings is 1. The van der Waals surface area contributed by atoms with Crippen molar-refractivity contribution in [2.75, 3.05) is 4.90 Å². The molecular weight excluding hydrogens is 679 g/mol. The predicted molar refractivity (Wildman–Crippen MR) is 234 cm³/mol. The van der Waals surface area contributed by atoms with Crippen molar-refractivity contribution in [2.45, 2.75) is 38.5 Å². The third-order valence-corrected chi connectivity index (χ3v) is 12.6. The van der Waals surface area contributed by atoms with Crippen LogP contribution in [0.4, 0.5) is 17.1 Å². The number of anilines is 3. The minimum absolute atomic E-state index is 0.309. The van der Waals surface area contributed by atoms with Crippen LogP contribution in [0.15, 0.2) is 180 Å². The van der Waals surface area contributed by atoms with Gasteiger partial charge >= 0.3 is 0 Å². The van der Waals surface area contributed by atoms with Crippen LogP contribution in [0.5, 0.6) is 0 Å². The molecule has 9 aromatic rings. The molecule has 0 saturated carbocycles. The van der Waals surface area contributed by atoms with E-state index in [2.05, 4.69) is 209 Å². The molecule has 2 nitrogen and oxygen atoms in total. The van der Waals surface area contributed by atoms with Crippen molar-refractivity contribution in [1.29, 1.82) is 0 Å². The number of nitrogens with zero attached hydrogens (tertiary/aromatic N) is 1. The zero-order chi connectivity index (χ0) is 37.8. The van der Waals surface area contributed by atoms with Gasteiger partial charge in [-0.25, -0.2) is 0 Å². The molecule has 268 valence electrons. The average Bonchev–Trinajstić information content (AvgIpc) is 3.81. The second-order valence-corrected chi connectivity index (χ2v) is 16.5. The molecule has 0 atom stereocenters. The molecule has 8 aromatic carbocycles. The van der Waals surface area contributed by atoms with Gasteiger partial charge in [0.2, 0.25) is 0 Å². The summed E-state index contributed by atoms with van der Waals surface area (Å²) in [6.45, 7) is 9.71. The Labute approximate surface area is 328 Å². The summed E-state index contributed by atoms with van der Waals surface area (Å²) in [7, 11) is 0. The van der Waals surface area contributed by atoms with Crippen molar-refractivity contribution in [3.05, 3.63) is 198 Å². The molecular formula is C54H41NO. The summed E-state index contributed by atoms with van der Waals surface area (Å²) in [5.41, 5.74) is 20.3.